The van der Waals surface area contributed by atoms with Crippen LogP contribution in [-0.2, 0) is 27.4 Å². The van der Waals surface area contributed by atoms with Gasteiger partial charge in [0.05, 0.1) is 5.92 Å². The lowest BCUT2D eigenvalue weighted by Crippen LogP contribution is -2.36. The number of ether oxygens (including phenoxy) is 1. The molecule has 0 heterocycles. The lowest BCUT2D eigenvalue weighted by atomic mass is 10.0. The summed E-state index contributed by atoms with van der Waals surface area (Å²) in [6, 6.07) is 19.2. The summed E-state index contributed by atoms with van der Waals surface area (Å²) in [4.78, 5) is 23.9. The van der Waals surface area contributed by atoms with Crippen LogP contribution in [0.5, 0.6) is 0 Å². The molecule has 0 radical (unpaired) electrons. The lowest BCUT2D eigenvalue weighted by molar-refractivity contribution is -0.145. The molecule has 0 saturated heterocycles. The number of rotatable bonds is 8. The smallest absolute Gasteiger partial charge is 0.325 e. The molecule has 5 heteroatoms. The van der Waals surface area contributed by atoms with Gasteiger partial charge in [-0.2, -0.15) is 0 Å². The van der Waals surface area contributed by atoms with Crippen LogP contribution in [0, 0.1) is 5.92 Å². The maximum Gasteiger partial charge on any atom is 0.325 e. The van der Waals surface area contributed by atoms with Crippen LogP contribution in [0.1, 0.15) is 11.1 Å². The molecule has 0 spiro atoms. The van der Waals surface area contributed by atoms with E-state index in [1.54, 1.807) is 0 Å². The predicted molar refractivity (Wildman–Crippen MR) is 96.7 cm³/mol. The van der Waals surface area contributed by atoms with Crippen molar-refractivity contribution in [1.29, 1.82) is 0 Å². The molecule has 0 bridgehead atoms. The molecule has 0 aromatic heterocycles. The van der Waals surface area contributed by atoms with Crippen LogP contribution in [0.4, 0.5) is 0 Å². The van der Waals surface area contributed by atoms with Crippen LogP contribution in [-0.4, -0.2) is 23.8 Å². The van der Waals surface area contributed by atoms with Crippen molar-refractivity contribution >= 4 is 27.8 Å². The number of esters is 1. The number of carbonyl (C=O) groups excluding carboxylic acids is 2. The van der Waals surface area contributed by atoms with Gasteiger partial charge in [-0.3, -0.25) is 9.59 Å². The van der Waals surface area contributed by atoms with Crippen LogP contribution in [0.25, 0.3) is 0 Å². The van der Waals surface area contributed by atoms with E-state index in [1.807, 2.05) is 60.7 Å². The largest absolute Gasteiger partial charge is 0.460 e. The molecule has 24 heavy (non-hydrogen) atoms. The molecule has 1 atom stereocenters. The summed E-state index contributed by atoms with van der Waals surface area (Å²) in [5, 5.41) is 3.18. The second kappa shape index (κ2) is 9.88. The number of hydrogen-bond acceptors (Lipinski definition) is 3. The molecule has 0 aliphatic carbocycles. The van der Waals surface area contributed by atoms with Crippen molar-refractivity contribution in [2.75, 3.05) is 11.9 Å². The Morgan fingerprint density at radius 2 is 1.54 bits per heavy atom. The van der Waals surface area contributed by atoms with Crippen LogP contribution < -0.4 is 5.32 Å². The zero-order chi connectivity index (χ0) is 17.2. The molecule has 2 aromatic carbocycles. The Hall–Kier alpha value is -2.14. The van der Waals surface area contributed by atoms with Gasteiger partial charge in [0.1, 0.15) is 13.2 Å². The number of nitrogens with one attached hydrogen (secondary N) is 1. The molecule has 1 N–H and O–H groups in total. The first-order valence-corrected chi connectivity index (χ1v) is 8.88. The van der Waals surface area contributed by atoms with Crippen molar-refractivity contribution in [3.8, 4) is 0 Å². The summed E-state index contributed by atoms with van der Waals surface area (Å²) in [7, 11) is 0. The molecule has 4 nitrogen and oxygen atoms in total. The van der Waals surface area contributed by atoms with E-state index in [1.165, 1.54) is 0 Å². The molecule has 126 valence electrons. The van der Waals surface area contributed by atoms with Gasteiger partial charge in [-0.05, 0) is 17.5 Å². The van der Waals surface area contributed by atoms with Gasteiger partial charge in [-0.15, -0.1) is 0 Å². The fourth-order valence-electron chi connectivity index (χ4n) is 2.21. The minimum absolute atomic E-state index is 0.121. The molecule has 0 aliphatic heterocycles. The van der Waals surface area contributed by atoms with E-state index >= 15 is 0 Å². The van der Waals surface area contributed by atoms with Crippen molar-refractivity contribution in [3.05, 3.63) is 71.8 Å². The molecular weight excluding hydrogens is 370 g/mol. The van der Waals surface area contributed by atoms with Crippen LogP contribution in [0.2, 0.25) is 0 Å². The third kappa shape index (κ3) is 6.16. The maximum atomic E-state index is 12.2. The van der Waals surface area contributed by atoms with E-state index in [4.69, 9.17) is 4.74 Å². The van der Waals surface area contributed by atoms with Crippen LogP contribution in [0.15, 0.2) is 60.7 Å². The highest BCUT2D eigenvalue weighted by Crippen LogP contribution is 2.11. The van der Waals surface area contributed by atoms with Gasteiger partial charge in [0.25, 0.3) is 0 Å². The highest BCUT2D eigenvalue weighted by molar-refractivity contribution is 9.09. The normalized spacial score (nSPS) is 11.5. The summed E-state index contributed by atoms with van der Waals surface area (Å²) in [5.41, 5.74) is 2.00. The highest BCUT2D eigenvalue weighted by Gasteiger charge is 2.18. The van der Waals surface area contributed by atoms with E-state index < -0.39 is 5.97 Å². The quantitative estimate of drug-likeness (QED) is 0.557. The standard InChI is InChI=1S/C19H20BrNO3/c20-12-17(11-15-7-3-1-4-8-15)19(23)21-13-18(22)24-14-16-9-5-2-6-10-16/h1-10,17H,11-14H2,(H,21,23)/t17-/m1/s1. The molecule has 0 aliphatic rings. The Morgan fingerprint density at radius 3 is 2.12 bits per heavy atom. The summed E-state index contributed by atoms with van der Waals surface area (Å²) in [6.45, 7) is 0.0887. The third-order valence-electron chi connectivity index (χ3n) is 3.53. The monoisotopic (exact) mass is 389 g/mol. The Morgan fingerprint density at radius 1 is 0.958 bits per heavy atom. The molecule has 2 aromatic rings. The van der Waals surface area contributed by atoms with Gasteiger partial charge in [-0.1, -0.05) is 76.6 Å². The molecular formula is C19H20BrNO3. The maximum absolute atomic E-state index is 12.2. The number of benzene rings is 2. The first-order chi connectivity index (χ1) is 11.7. The first-order valence-electron chi connectivity index (χ1n) is 7.76. The molecule has 0 fully saturated rings. The fraction of sp³-hybridized carbons (Fsp3) is 0.263. The lowest BCUT2D eigenvalue weighted by Gasteiger charge is -2.14. The van der Waals surface area contributed by atoms with Gasteiger partial charge in [-0.25, -0.2) is 0 Å². The van der Waals surface area contributed by atoms with Gasteiger partial charge < -0.3 is 10.1 Å². The third-order valence-corrected chi connectivity index (χ3v) is 4.31. The average molecular weight is 390 g/mol. The number of halogens is 1. The molecule has 0 unspecified atom stereocenters. The Bertz CT molecular complexity index is 646. The molecule has 0 saturated carbocycles. The average Bonchev–Trinajstić information content (AvgIpc) is 2.64. The Kier molecular flexibility index (Phi) is 7.49. The summed E-state index contributed by atoms with van der Waals surface area (Å²) in [6.07, 6.45) is 0.622. The summed E-state index contributed by atoms with van der Waals surface area (Å²) in [5.74, 6) is -0.832. The van der Waals surface area contributed by atoms with Crippen molar-refractivity contribution in [2.45, 2.75) is 13.0 Å². The number of alkyl halides is 1. The van der Waals surface area contributed by atoms with Crippen molar-refractivity contribution in [2.24, 2.45) is 5.92 Å². The van der Waals surface area contributed by atoms with Gasteiger partial charge in [0.2, 0.25) is 5.91 Å². The zero-order valence-corrected chi connectivity index (χ0v) is 14.9. The summed E-state index contributed by atoms with van der Waals surface area (Å²) >= 11 is 3.37. The number of amides is 1. The minimum atomic E-state index is -0.444. The van der Waals surface area contributed by atoms with E-state index in [0.717, 1.165) is 11.1 Å². The van der Waals surface area contributed by atoms with Crippen molar-refractivity contribution in [3.63, 3.8) is 0 Å². The minimum Gasteiger partial charge on any atom is -0.460 e. The first kappa shape index (κ1) is 18.2. The van der Waals surface area contributed by atoms with Gasteiger partial charge >= 0.3 is 5.97 Å². The number of hydrogen-bond donors (Lipinski definition) is 1. The Balaban J connectivity index is 1.75. The van der Waals surface area contributed by atoms with Crippen LogP contribution in [0.3, 0.4) is 0 Å². The van der Waals surface area contributed by atoms with E-state index in [9.17, 15) is 9.59 Å². The molecule has 1 amide bonds. The van der Waals surface area contributed by atoms with E-state index in [-0.39, 0.29) is 25.0 Å². The fourth-order valence-corrected chi connectivity index (χ4v) is 2.73. The highest BCUT2D eigenvalue weighted by atomic mass is 79.9. The zero-order valence-electron chi connectivity index (χ0n) is 13.3. The summed E-state index contributed by atoms with van der Waals surface area (Å²) < 4.78 is 5.14. The van der Waals surface area contributed by atoms with Crippen LogP contribution >= 0.6 is 15.9 Å². The Labute approximate surface area is 150 Å². The number of carbonyl (C=O) groups is 2. The molecule has 2 rings (SSSR count). The van der Waals surface area contributed by atoms with E-state index in [2.05, 4.69) is 21.2 Å². The van der Waals surface area contributed by atoms with Crippen molar-refractivity contribution < 1.29 is 14.3 Å². The predicted octanol–water partition coefficient (Wildman–Crippen LogP) is 3.10. The van der Waals surface area contributed by atoms with E-state index in [0.29, 0.717) is 11.8 Å². The van der Waals surface area contributed by atoms with Gasteiger partial charge in [0, 0.05) is 5.33 Å². The topological polar surface area (TPSA) is 55.4 Å². The second-order valence-electron chi connectivity index (χ2n) is 5.41. The van der Waals surface area contributed by atoms with Gasteiger partial charge in [0.15, 0.2) is 0 Å². The second-order valence-corrected chi connectivity index (χ2v) is 6.05. The van der Waals surface area contributed by atoms with Crippen molar-refractivity contribution in [1.82, 2.24) is 5.32 Å². The SMILES string of the molecule is O=C(CNC(=O)[C@@H](CBr)Cc1ccccc1)OCc1ccccc1.